The summed E-state index contributed by atoms with van der Waals surface area (Å²) in [4.78, 5) is 4.61. The Kier molecular flexibility index (Phi) is 4.39. The van der Waals surface area contributed by atoms with Gasteiger partial charge in [-0.2, -0.15) is 0 Å². The molecule has 0 saturated carbocycles. The normalized spacial score (nSPS) is 15.1. The molecular weight excluding hydrogens is 258 g/mol. The Morgan fingerprint density at radius 1 is 1.24 bits per heavy atom. The minimum absolute atomic E-state index is 0.200. The van der Waals surface area contributed by atoms with E-state index in [1.165, 1.54) is 36.0 Å². The highest BCUT2D eigenvalue weighted by atomic mass is 15.1. The molecule has 3 heteroatoms. The molecule has 0 radical (unpaired) electrons. The number of aryl methyl sites for hydroxylation is 3. The van der Waals surface area contributed by atoms with E-state index in [4.69, 9.17) is 0 Å². The van der Waals surface area contributed by atoms with Crippen LogP contribution in [0.3, 0.4) is 0 Å². The molecule has 1 aromatic carbocycles. The van der Waals surface area contributed by atoms with Crippen molar-refractivity contribution in [2.24, 2.45) is 0 Å². The smallest absolute Gasteiger partial charge is 0.130 e. The molecule has 0 fully saturated rings. The Morgan fingerprint density at radius 2 is 2.10 bits per heavy atom. The van der Waals surface area contributed by atoms with Crippen LogP contribution in [0.5, 0.6) is 0 Å². The van der Waals surface area contributed by atoms with E-state index in [1.54, 1.807) is 0 Å². The number of hydrogen-bond acceptors (Lipinski definition) is 2. The van der Waals surface area contributed by atoms with Gasteiger partial charge in [0.25, 0.3) is 0 Å². The Balaban J connectivity index is 1.95. The fraction of sp³-hybridized carbons (Fsp3) is 0.500. The van der Waals surface area contributed by atoms with Crippen LogP contribution in [0, 0.1) is 0 Å². The second-order valence-corrected chi connectivity index (χ2v) is 5.84. The largest absolute Gasteiger partial charge is 0.334 e. The van der Waals surface area contributed by atoms with E-state index in [-0.39, 0.29) is 6.04 Å². The number of fused-ring (bicyclic) bond motifs is 1. The molecule has 0 saturated heterocycles. The van der Waals surface area contributed by atoms with E-state index in [1.807, 2.05) is 6.20 Å². The topological polar surface area (TPSA) is 29.9 Å². The highest BCUT2D eigenvalue weighted by molar-refractivity contribution is 5.38. The Bertz CT molecular complexity index is 600. The number of hydrogen-bond donors (Lipinski definition) is 1. The number of nitrogens with one attached hydrogen (secondary N) is 1. The molecule has 0 aliphatic heterocycles. The Labute approximate surface area is 127 Å². The number of nitrogens with zero attached hydrogens (tertiary/aromatic N) is 2. The molecule has 1 N–H and O–H groups in total. The zero-order valence-corrected chi connectivity index (χ0v) is 13.1. The van der Waals surface area contributed by atoms with Crippen molar-refractivity contribution < 1.29 is 0 Å². The van der Waals surface area contributed by atoms with E-state index < -0.39 is 0 Å². The van der Waals surface area contributed by atoms with E-state index in [9.17, 15) is 0 Å². The molecule has 1 unspecified atom stereocenters. The van der Waals surface area contributed by atoms with Gasteiger partial charge >= 0.3 is 0 Å². The first-order chi connectivity index (χ1) is 10.3. The third kappa shape index (κ3) is 2.88. The van der Waals surface area contributed by atoms with Gasteiger partial charge in [-0.25, -0.2) is 4.98 Å². The first kappa shape index (κ1) is 14.3. The zero-order valence-electron chi connectivity index (χ0n) is 13.1. The Hall–Kier alpha value is -1.61. The van der Waals surface area contributed by atoms with Crippen molar-refractivity contribution >= 4 is 0 Å². The molecule has 21 heavy (non-hydrogen) atoms. The molecule has 1 heterocycles. The van der Waals surface area contributed by atoms with Gasteiger partial charge in [0.15, 0.2) is 0 Å². The fourth-order valence-electron chi connectivity index (χ4n) is 3.27. The molecule has 3 rings (SSSR count). The third-order valence-electron chi connectivity index (χ3n) is 4.40. The van der Waals surface area contributed by atoms with Crippen molar-refractivity contribution in [2.75, 3.05) is 6.54 Å². The van der Waals surface area contributed by atoms with Crippen molar-refractivity contribution in [1.82, 2.24) is 14.9 Å². The molecule has 0 bridgehead atoms. The van der Waals surface area contributed by atoms with Crippen LogP contribution in [0.1, 0.15) is 55.2 Å². The van der Waals surface area contributed by atoms with Crippen molar-refractivity contribution in [3.05, 3.63) is 53.1 Å². The van der Waals surface area contributed by atoms with Gasteiger partial charge in [0.2, 0.25) is 0 Å². The molecule has 1 aromatic heterocycles. The predicted molar refractivity (Wildman–Crippen MR) is 86.5 cm³/mol. The SMILES string of the molecule is CCCNC(c1ccc2c(c1)CCC2)c1nccn1CC. The van der Waals surface area contributed by atoms with Crippen molar-refractivity contribution in [2.45, 2.75) is 52.1 Å². The number of aromatic nitrogens is 2. The van der Waals surface area contributed by atoms with Gasteiger partial charge in [-0.3, -0.25) is 0 Å². The highest BCUT2D eigenvalue weighted by Gasteiger charge is 2.20. The maximum absolute atomic E-state index is 4.61. The molecule has 0 spiro atoms. The summed E-state index contributed by atoms with van der Waals surface area (Å²) >= 11 is 0. The van der Waals surface area contributed by atoms with Gasteiger partial charge in [0, 0.05) is 18.9 Å². The summed E-state index contributed by atoms with van der Waals surface area (Å²) in [7, 11) is 0. The average molecular weight is 283 g/mol. The van der Waals surface area contributed by atoms with Crippen LogP contribution in [0.4, 0.5) is 0 Å². The van der Waals surface area contributed by atoms with Gasteiger partial charge in [-0.1, -0.05) is 25.1 Å². The van der Waals surface area contributed by atoms with E-state index in [0.717, 1.165) is 25.3 Å². The lowest BCUT2D eigenvalue weighted by molar-refractivity contribution is 0.541. The first-order valence-corrected chi connectivity index (χ1v) is 8.19. The monoisotopic (exact) mass is 283 g/mol. The Morgan fingerprint density at radius 3 is 2.90 bits per heavy atom. The van der Waals surface area contributed by atoms with Crippen LogP contribution in [0.25, 0.3) is 0 Å². The number of rotatable bonds is 6. The van der Waals surface area contributed by atoms with Crippen LogP contribution in [0.2, 0.25) is 0 Å². The molecule has 112 valence electrons. The minimum Gasteiger partial charge on any atom is -0.334 e. The lowest BCUT2D eigenvalue weighted by Crippen LogP contribution is -2.26. The second-order valence-electron chi connectivity index (χ2n) is 5.84. The standard InChI is InChI=1S/C18H25N3/c1-3-10-19-17(18-20-11-12-21(18)4-2)16-9-8-14-6-5-7-15(14)13-16/h8-9,11-13,17,19H,3-7,10H2,1-2H3. The molecule has 1 atom stereocenters. The molecule has 0 amide bonds. The van der Waals surface area contributed by atoms with Crippen LogP contribution in [-0.2, 0) is 19.4 Å². The second kappa shape index (κ2) is 6.44. The van der Waals surface area contributed by atoms with Crippen molar-refractivity contribution in [3.8, 4) is 0 Å². The lowest BCUT2D eigenvalue weighted by Gasteiger charge is -2.20. The molecular formula is C18H25N3. The fourth-order valence-corrected chi connectivity index (χ4v) is 3.27. The summed E-state index contributed by atoms with van der Waals surface area (Å²) in [5.74, 6) is 1.13. The maximum atomic E-state index is 4.61. The van der Waals surface area contributed by atoms with E-state index in [0.29, 0.717) is 0 Å². The quantitative estimate of drug-likeness (QED) is 0.879. The van der Waals surface area contributed by atoms with Crippen LogP contribution < -0.4 is 5.32 Å². The van der Waals surface area contributed by atoms with E-state index in [2.05, 4.69) is 53.1 Å². The van der Waals surface area contributed by atoms with Crippen LogP contribution in [-0.4, -0.2) is 16.1 Å². The van der Waals surface area contributed by atoms with Gasteiger partial charge in [0.1, 0.15) is 5.82 Å². The van der Waals surface area contributed by atoms with Gasteiger partial charge in [0.05, 0.1) is 6.04 Å². The van der Waals surface area contributed by atoms with E-state index >= 15 is 0 Å². The average Bonchev–Trinajstić information content (AvgIpc) is 3.15. The predicted octanol–water partition coefficient (Wildman–Crippen LogP) is 3.48. The lowest BCUT2D eigenvalue weighted by atomic mass is 10.00. The zero-order chi connectivity index (χ0) is 14.7. The number of benzene rings is 1. The summed E-state index contributed by atoms with van der Waals surface area (Å²) in [6.07, 6.45) is 8.89. The molecule has 1 aliphatic carbocycles. The highest BCUT2D eigenvalue weighted by Crippen LogP contribution is 2.28. The number of imidazole rings is 1. The first-order valence-electron chi connectivity index (χ1n) is 8.19. The van der Waals surface area contributed by atoms with Crippen LogP contribution >= 0.6 is 0 Å². The molecule has 2 aromatic rings. The minimum atomic E-state index is 0.200. The van der Waals surface area contributed by atoms with Gasteiger partial charge < -0.3 is 9.88 Å². The summed E-state index contributed by atoms with van der Waals surface area (Å²) in [5.41, 5.74) is 4.42. The van der Waals surface area contributed by atoms with Gasteiger partial charge in [-0.05, 0) is 55.8 Å². The summed E-state index contributed by atoms with van der Waals surface area (Å²) < 4.78 is 2.24. The third-order valence-corrected chi connectivity index (χ3v) is 4.40. The maximum Gasteiger partial charge on any atom is 0.130 e. The molecule has 3 nitrogen and oxygen atoms in total. The summed E-state index contributed by atoms with van der Waals surface area (Å²) in [6.45, 7) is 6.35. The van der Waals surface area contributed by atoms with Crippen molar-refractivity contribution in [1.29, 1.82) is 0 Å². The van der Waals surface area contributed by atoms with Crippen molar-refractivity contribution in [3.63, 3.8) is 0 Å². The molecule has 1 aliphatic rings. The van der Waals surface area contributed by atoms with Gasteiger partial charge in [-0.15, -0.1) is 0 Å². The van der Waals surface area contributed by atoms with Crippen LogP contribution in [0.15, 0.2) is 30.6 Å². The summed E-state index contributed by atoms with van der Waals surface area (Å²) in [5, 5.41) is 3.67. The summed E-state index contributed by atoms with van der Waals surface area (Å²) in [6, 6.07) is 7.19.